The number of imidazole rings is 1. The predicted molar refractivity (Wildman–Crippen MR) is 103 cm³/mol. The van der Waals surface area contributed by atoms with Crippen LogP contribution in [0.1, 0.15) is 32.9 Å². The van der Waals surface area contributed by atoms with E-state index < -0.39 is 5.69 Å². The Morgan fingerprint density at radius 1 is 1.21 bits per heavy atom. The van der Waals surface area contributed by atoms with Crippen molar-refractivity contribution in [3.05, 3.63) is 81.5 Å². The van der Waals surface area contributed by atoms with Crippen LogP contribution < -0.4 is 5.69 Å². The summed E-state index contributed by atoms with van der Waals surface area (Å²) < 4.78 is 9.37. The molecule has 3 heterocycles. The number of carbonyl (C=O) groups is 1. The molecular formula is C20H19N5O4. The van der Waals surface area contributed by atoms with E-state index in [2.05, 4.69) is 10.3 Å². The van der Waals surface area contributed by atoms with E-state index in [0.717, 1.165) is 23.1 Å². The summed E-state index contributed by atoms with van der Waals surface area (Å²) >= 11 is 0. The molecule has 0 bridgehead atoms. The van der Waals surface area contributed by atoms with Crippen molar-refractivity contribution in [3.63, 3.8) is 0 Å². The maximum atomic E-state index is 12.8. The van der Waals surface area contributed by atoms with Gasteiger partial charge in [0.25, 0.3) is 0 Å². The maximum absolute atomic E-state index is 12.8. The summed E-state index contributed by atoms with van der Waals surface area (Å²) in [6, 6.07) is 6.96. The largest absolute Gasteiger partial charge is 0.493 e. The molecule has 0 radical (unpaired) electrons. The number of rotatable bonds is 6. The third-order valence-corrected chi connectivity index (χ3v) is 4.76. The minimum Gasteiger partial charge on any atom is -0.493 e. The molecule has 0 spiro atoms. The Bertz CT molecular complexity index is 1220. The van der Waals surface area contributed by atoms with Crippen LogP contribution in [-0.2, 0) is 13.1 Å². The van der Waals surface area contributed by atoms with E-state index in [9.17, 15) is 14.7 Å². The average molecular weight is 393 g/mol. The lowest BCUT2D eigenvalue weighted by Gasteiger charge is -2.02. The lowest BCUT2D eigenvalue weighted by Crippen LogP contribution is -2.23. The third kappa shape index (κ3) is 3.49. The van der Waals surface area contributed by atoms with Crippen LogP contribution in [0.4, 0.5) is 0 Å². The standard InChI is InChI=1S/C20H19N5O4/c1-13-18(14(2)29-22-13)10-24-9-17(7-21-24)25-19(27)11-23(20(25)28)8-15-4-3-5-16(6-15)12-26/h3-7,9,11-12,27H,8,10H2,1-2H3. The fourth-order valence-corrected chi connectivity index (χ4v) is 3.24. The molecule has 9 heteroatoms. The van der Waals surface area contributed by atoms with Gasteiger partial charge in [0, 0.05) is 17.3 Å². The molecule has 148 valence electrons. The van der Waals surface area contributed by atoms with Gasteiger partial charge in [0.2, 0.25) is 5.88 Å². The molecule has 0 aliphatic rings. The molecule has 1 N–H and O–H groups in total. The van der Waals surface area contributed by atoms with E-state index in [4.69, 9.17) is 4.52 Å². The first-order valence-corrected chi connectivity index (χ1v) is 8.96. The number of carbonyl (C=O) groups excluding carboxylic acids is 1. The normalized spacial score (nSPS) is 11.1. The summed E-state index contributed by atoms with van der Waals surface area (Å²) in [7, 11) is 0. The molecule has 1 aromatic carbocycles. The van der Waals surface area contributed by atoms with Crippen molar-refractivity contribution in [1.82, 2.24) is 24.1 Å². The van der Waals surface area contributed by atoms with Crippen LogP contribution in [-0.4, -0.2) is 35.5 Å². The number of hydrogen-bond acceptors (Lipinski definition) is 6. The van der Waals surface area contributed by atoms with Gasteiger partial charge >= 0.3 is 5.69 Å². The summed E-state index contributed by atoms with van der Waals surface area (Å²) in [5.74, 6) is 0.515. The second-order valence-corrected chi connectivity index (χ2v) is 6.79. The molecule has 0 saturated heterocycles. The highest BCUT2D eigenvalue weighted by Gasteiger charge is 2.16. The van der Waals surface area contributed by atoms with Gasteiger partial charge in [-0.15, -0.1) is 0 Å². The fourth-order valence-electron chi connectivity index (χ4n) is 3.24. The molecule has 4 aromatic rings. The monoisotopic (exact) mass is 393 g/mol. The van der Waals surface area contributed by atoms with Gasteiger partial charge in [-0.25, -0.2) is 9.36 Å². The molecule has 0 aliphatic carbocycles. The van der Waals surface area contributed by atoms with Crippen LogP contribution in [0.15, 0.2) is 52.2 Å². The first-order valence-electron chi connectivity index (χ1n) is 8.96. The Kier molecular flexibility index (Phi) is 4.63. The highest BCUT2D eigenvalue weighted by Crippen LogP contribution is 2.17. The van der Waals surface area contributed by atoms with E-state index in [-0.39, 0.29) is 12.4 Å². The van der Waals surface area contributed by atoms with Crippen molar-refractivity contribution in [2.24, 2.45) is 0 Å². The van der Waals surface area contributed by atoms with Crippen LogP contribution >= 0.6 is 0 Å². The molecule has 3 aromatic heterocycles. The summed E-state index contributed by atoms with van der Waals surface area (Å²) in [6.45, 7) is 4.35. The number of aromatic nitrogens is 5. The van der Waals surface area contributed by atoms with Gasteiger partial charge in [-0.2, -0.15) is 5.10 Å². The minimum absolute atomic E-state index is 0.196. The van der Waals surface area contributed by atoms with Crippen molar-refractivity contribution in [2.45, 2.75) is 26.9 Å². The van der Waals surface area contributed by atoms with Crippen molar-refractivity contribution in [3.8, 4) is 11.6 Å². The molecule has 0 aliphatic heterocycles. The number of benzene rings is 1. The van der Waals surface area contributed by atoms with Gasteiger partial charge in [0.05, 0.1) is 36.9 Å². The van der Waals surface area contributed by atoms with E-state index >= 15 is 0 Å². The van der Waals surface area contributed by atoms with E-state index in [1.54, 1.807) is 29.1 Å². The number of hydrogen-bond donors (Lipinski definition) is 1. The lowest BCUT2D eigenvalue weighted by molar-refractivity contribution is 0.112. The zero-order valence-electron chi connectivity index (χ0n) is 15.9. The molecule has 9 nitrogen and oxygen atoms in total. The Morgan fingerprint density at radius 2 is 2.03 bits per heavy atom. The highest BCUT2D eigenvalue weighted by atomic mass is 16.5. The van der Waals surface area contributed by atoms with Crippen molar-refractivity contribution < 1.29 is 14.4 Å². The second-order valence-electron chi connectivity index (χ2n) is 6.79. The van der Waals surface area contributed by atoms with E-state index in [0.29, 0.717) is 23.6 Å². The van der Waals surface area contributed by atoms with Gasteiger partial charge in [-0.3, -0.25) is 14.0 Å². The van der Waals surface area contributed by atoms with Crippen LogP contribution in [0.2, 0.25) is 0 Å². The zero-order chi connectivity index (χ0) is 20.5. The quantitative estimate of drug-likeness (QED) is 0.502. The maximum Gasteiger partial charge on any atom is 0.336 e. The molecule has 4 rings (SSSR count). The van der Waals surface area contributed by atoms with Gasteiger partial charge < -0.3 is 9.63 Å². The Balaban J connectivity index is 1.62. The van der Waals surface area contributed by atoms with Gasteiger partial charge in [-0.1, -0.05) is 23.4 Å². The topological polar surface area (TPSA) is 108 Å². The Hall–Kier alpha value is -3.88. The lowest BCUT2D eigenvalue weighted by atomic mass is 10.1. The second kappa shape index (κ2) is 7.27. The van der Waals surface area contributed by atoms with Crippen LogP contribution in [0, 0.1) is 13.8 Å². The number of aryl methyl sites for hydroxylation is 2. The van der Waals surface area contributed by atoms with Gasteiger partial charge in [0.1, 0.15) is 12.0 Å². The molecule has 0 fully saturated rings. The fraction of sp³-hybridized carbons (Fsp3) is 0.200. The highest BCUT2D eigenvalue weighted by molar-refractivity contribution is 5.74. The smallest absolute Gasteiger partial charge is 0.336 e. The first-order chi connectivity index (χ1) is 14.0. The molecule has 0 saturated carbocycles. The van der Waals surface area contributed by atoms with E-state index in [1.165, 1.54) is 21.5 Å². The number of nitrogens with zero attached hydrogens (tertiary/aromatic N) is 5. The predicted octanol–water partition coefficient (Wildman–Crippen LogP) is 2.06. The minimum atomic E-state index is -0.407. The van der Waals surface area contributed by atoms with Gasteiger partial charge in [-0.05, 0) is 25.5 Å². The van der Waals surface area contributed by atoms with Crippen LogP contribution in [0.3, 0.4) is 0 Å². The summed E-state index contributed by atoms with van der Waals surface area (Å²) in [5.41, 5.74) is 3.05. The first kappa shape index (κ1) is 18.5. The number of aromatic hydroxyl groups is 1. The third-order valence-electron chi connectivity index (χ3n) is 4.76. The van der Waals surface area contributed by atoms with Gasteiger partial charge in [0.15, 0.2) is 0 Å². The van der Waals surface area contributed by atoms with Crippen molar-refractivity contribution in [2.75, 3.05) is 0 Å². The molecular weight excluding hydrogens is 374 g/mol. The Labute approximate surface area is 165 Å². The number of aldehydes is 1. The van der Waals surface area contributed by atoms with E-state index in [1.807, 2.05) is 19.9 Å². The summed E-state index contributed by atoms with van der Waals surface area (Å²) in [5, 5.41) is 18.5. The molecule has 0 unspecified atom stereocenters. The SMILES string of the molecule is Cc1noc(C)c1Cn1cc(-n2c(O)cn(Cc3cccc(C=O)c3)c2=O)cn1. The summed E-state index contributed by atoms with van der Waals surface area (Å²) in [6.07, 6.45) is 5.30. The van der Waals surface area contributed by atoms with Crippen LogP contribution in [0.5, 0.6) is 5.88 Å². The van der Waals surface area contributed by atoms with Crippen molar-refractivity contribution in [1.29, 1.82) is 0 Å². The Morgan fingerprint density at radius 3 is 2.76 bits per heavy atom. The zero-order valence-corrected chi connectivity index (χ0v) is 15.9. The van der Waals surface area contributed by atoms with Crippen molar-refractivity contribution >= 4 is 6.29 Å². The summed E-state index contributed by atoms with van der Waals surface area (Å²) in [4.78, 5) is 23.8. The molecule has 0 amide bonds. The molecule has 0 atom stereocenters. The van der Waals surface area contributed by atoms with Crippen LogP contribution in [0.25, 0.3) is 5.69 Å². The molecule has 29 heavy (non-hydrogen) atoms. The average Bonchev–Trinajstić information content (AvgIpc) is 3.37.